The van der Waals surface area contributed by atoms with Crippen LogP contribution in [0.15, 0.2) is 18.2 Å². The van der Waals surface area contributed by atoms with Gasteiger partial charge in [-0.05, 0) is 12.1 Å². The Morgan fingerprint density at radius 1 is 1.39 bits per heavy atom. The van der Waals surface area contributed by atoms with Gasteiger partial charge in [0, 0.05) is 19.0 Å². The number of anilines is 1. The molecule has 1 aliphatic heterocycles. The fourth-order valence-electron chi connectivity index (χ4n) is 1.97. The summed E-state index contributed by atoms with van der Waals surface area (Å²) in [6.45, 7) is 0.0473. The fraction of sp³-hybridized carbons (Fsp3) is 0.364. The maximum atomic E-state index is 12.9. The Bertz CT molecular complexity index is 490. The number of nitrogens with two attached hydrogens (primary N) is 1. The van der Waals surface area contributed by atoms with Crippen LogP contribution in [0.2, 0.25) is 5.02 Å². The number of para-hydroxylation sites is 1. The summed E-state index contributed by atoms with van der Waals surface area (Å²) in [6.07, 6.45) is -4.53. The molecular formula is C11H10ClF3N2O. The Hall–Kier alpha value is -1.27. The number of rotatable bonds is 1. The molecule has 0 aliphatic carbocycles. The van der Waals surface area contributed by atoms with Gasteiger partial charge in [-0.15, -0.1) is 0 Å². The number of hydrogen-bond acceptors (Lipinski definition) is 2. The van der Waals surface area contributed by atoms with E-state index in [0.29, 0.717) is 0 Å². The van der Waals surface area contributed by atoms with Crippen molar-refractivity contribution in [2.75, 3.05) is 11.4 Å². The highest BCUT2D eigenvalue weighted by Crippen LogP contribution is 2.41. The highest BCUT2D eigenvalue weighted by molar-refractivity contribution is 6.34. The Balaban J connectivity index is 2.53. The van der Waals surface area contributed by atoms with Crippen LogP contribution in [0.1, 0.15) is 12.0 Å². The Kier molecular flexibility index (Phi) is 3.25. The molecular weight excluding hydrogens is 269 g/mol. The molecule has 0 radical (unpaired) electrons. The molecule has 3 nitrogen and oxygen atoms in total. The number of carbonyl (C=O) groups excluding carboxylic acids is 1. The van der Waals surface area contributed by atoms with Crippen molar-refractivity contribution in [3.8, 4) is 0 Å². The maximum Gasteiger partial charge on any atom is 0.418 e. The molecule has 1 aromatic carbocycles. The van der Waals surface area contributed by atoms with Gasteiger partial charge in [0.15, 0.2) is 0 Å². The molecule has 0 spiro atoms. The summed E-state index contributed by atoms with van der Waals surface area (Å²) in [7, 11) is 0. The predicted octanol–water partition coefficient (Wildman–Crippen LogP) is 2.42. The van der Waals surface area contributed by atoms with Crippen molar-refractivity contribution in [2.24, 2.45) is 5.73 Å². The molecule has 0 bridgehead atoms. The topological polar surface area (TPSA) is 46.3 Å². The zero-order valence-corrected chi connectivity index (χ0v) is 9.92. The second-order valence-corrected chi connectivity index (χ2v) is 4.51. The van der Waals surface area contributed by atoms with E-state index in [-0.39, 0.29) is 23.7 Å². The number of halogens is 4. The van der Waals surface area contributed by atoms with E-state index in [1.54, 1.807) is 0 Å². The van der Waals surface area contributed by atoms with E-state index in [2.05, 4.69) is 0 Å². The Labute approximate surface area is 106 Å². The van der Waals surface area contributed by atoms with Crippen LogP contribution in [0, 0.1) is 0 Å². The molecule has 0 saturated carbocycles. The predicted molar refractivity (Wildman–Crippen MR) is 61.4 cm³/mol. The zero-order valence-electron chi connectivity index (χ0n) is 9.17. The lowest BCUT2D eigenvalue weighted by Gasteiger charge is -2.22. The van der Waals surface area contributed by atoms with Gasteiger partial charge in [0.1, 0.15) is 0 Å². The summed E-state index contributed by atoms with van der Waals surface area (Å²) >= 11 is 5.79. The van der Waals surface area contributed by atoms with Crippen LogP contribution in [-0.4, -0.2) is 18.5 Å². The van der Waals surface area contributed by atoms with Crippen LogP contribution < -0.4 is 10.6 Å². The van der Waals surface area contributed by atoms with E-state index in [4.69, 9.17) is 17.3 Å². The lowest BCUT2D eigenvalue weighted by atomic mass is 10.1. The first-order chi connectivity index (χ1) is 8.30. The molecule has 1 saturated heterocycles. The van der Waals surface area contributed by atoms with Crippen molar-refractivity contribution >= 4 is 23.2 Å². The monoisotopic (exact) mass is 278 g/mol. The van der Waals surface area contributed by atoms with Gasteiger partial charge in [0.2, 0.25) is 5.91 Å². The van der Waals surface area contributed by atoms with Crippen molar-refractivity contribution in [1.82, 2.24) is 0 Å². The van der Waals surface area contributed by atoms with Crippen molar-refractivity contribution in [3.63, 3.8) is 0 Å². The number of benzene rings is 1. The smallest absolute Gasteiger partial charge is 0.326 e. The molecule has 2 N–H and O–H groups in total. The lowest BCUT2D eigenvalue weighted by molar-refractivity contribution is -0.137. The molecule has 1 aliphatic rings. The van der Waals surface area contributed by atoms with Gasteiger partial charge in [-0.25, -0.2) is 0 Å². The van der Waals surface area contributed by atoms with E-state index >= 15 is 0 Å². The van der Waals surface area contributed by atoms with Gasteiger partial charge < -0.3 is 10.6 Å². The Morgan fingerprint density at radius 2 is 2.06 bits per heavy atom. The number of hydrogen-bond donors (Lipinski definition) is 1. The molecule has 2 rings (SSSR count). The second kappa shape index (κ2) is 4.44. The summed E-state index contributed by atoms with van der Waals surface area (Å²) in [5.74, 6) is -0.443. The van der Waals surface area contributed by atoms with Crippen LogP contribution in [0.3, 0.4) is 0 Å². The third kappa shape index (κ3) is 2.30. The van der Waals surface area contributed by atoms with Gasteiger partial charge in [0.05, 0.1) is 16.3 Å². The normalized spacial score (nSPS) is 20.6. The van der Waals surface area contributed by atoms with E-state index in [1.807, 2.05) is 0 Å². The van der Waals surface area contributed by atoms with E-state index in [1.165, 1.54) is 12.1 Å². The summed E-state index contributed by atoms with van der Waals surface area (Å²) in [5.41, 5.74) is 4.35. The highest BCUT2D eigenvalue weighted by atomic mass is 35.5. The van der Waals surface area contributed by atoms with Crippen LogP contribution in [-0.2, 0) is 11.0 Å². The number of alkyl halides is 3. The van der Waals surface area contributed by atoms with Crippen molar-refractivity contribution in [2.45, 2.75) is 18.6 Å². The lowest BCUT2D eigenvalue weighted by Crippen LogP contribution is -2.30. The largest absolute Gasteiger partial charge is 0.418 e. The van der Waals surface area contributed by atoms with Gasteiger partial charge >= 0.3 is 6.18 Å². The first kappa shape index (κ1) is 13.2. The molecule has 7 heteroatoms. The third-order valence-electron chi connectivity index (χ3n) is 2.72. The molecule has 1 aromatic rings. The van der Waals surface area contributed by atoms with Crippen molar-refractivity contribution in [1.29, 1.82) is 0 Å². The minimum atomic E-state index is -4.56. The van der Waals surface area contributed by atoms with Crippen LogP contribution in [0.25, 0.3) is 0 Å². The molecule has 1 heterocycles. The van der Waals surface area contributed by atoms with Crippen LogP contribution >= 0.6 is 11.6 Å². The van der Waals surface area contributed by atoms with Crippen LogP contribution in [0.4, 0.5) is 18.9 Å². The van der Waals surface area contributed by atoms with E-state index in [0.717, 1.165) is 11.0 Å². The van der Waals surface area contributed by atoms with Crippen LogP contribution in [0.5, 0.6) is 0 Å². The molecule has 1 fully saturated rings. The molecule has 1 unspecified atom stereocenters. The average Bonchev–Trinajstić information content (AvgIpc) is 2.56. The summed E-state index contributed by atoms with van der Waals surface area (Å²) in [6, 6.07) is 2.96. The average molecular weight is 279 g/mol. The summed E-state index contributed by atoms with van der Waals surface area (Å²) in [5, 5.41) is -0.104. The minimum Gasteiger partial charge on any atom is -0.326 e. The molecule has 1 amide bonds. The van der Waals surface area contributed by atoms with E-state index < -0.39 is 23.7 Å². The first-order valence-electron chi connectivity index (χ1n) is 5.22. The standard InChI is InChI=1S/C11H10ClF3N2O/c12-8-3-1-2-7(11(13,14)15)10(8)17-5-6(16)4-9(17)18/h1-3,6H,4-5,16H2. The molecule has 1 atom stereocenters. The van der Waals surface area contributed by atoms with Gasteiger partial charge in [-0.3, -0.25) is 4.79 Å². The molecule has 0 aromatic heterocycles. The van der Waals surface area contributed by atoms with Crippen molar-refractivity contribution < 1.29 is 18.0 Å². The maximum absolute atomic E-state index is 12.9. The number of carbonyl (C=O) groups is 1. The SMILES string of the molecule is NC1CC(=O)N(c2c(Cl)cccc2C(F)(F)F)C1. The minimum absolute atomic E-state index is 0.0303. The van der Waals surface area contributed by atoms with Gasteiger partial charge in [-0.2, -0.15) is 13.2 Å². The molecule has 98 valence electrons. The highest BCUT2D eigenvalue weighted by Gasteiger charge is 2.39. The zero-order chi connectivity index (χ0) is 13.5. The summed E-state index contributed by atoms with van der Waals surface area (Å²) in [4.78, 5) is 12.6. The summed E-state index contributed by atoms with van der Waals surface area (Å²) < 4.78 is 38.6. The Morgan fingerprint density at radius 3 is 2.56 bits per heavy atom. The quantitative estimate of drug-likeness (QED) is 0.857. The third-order valence-corrected chi connectivity index (χ3v) is 3.02. The number of amides is 1. The fourth-order valence-corrected chi connectivity index (χ4v) is 2.25. The number of nitrogens with zero attached hydrogens (tertiary/aromatic N) is 1. The van der Waals surface area contributed by atoms with E-state index in [9.17, 15) is 18.0 Å². The van der Waals surface area contributed by atoms with Gasteiger partial charge in [0.25, 0.3) is 0 Å². The van der Waals surface area contributed by atoms with Crippen molar-refractivity contribution in [3.05, 3.63) is 28.8 Å². The first-order valence-corrected chi connectivity index (χ1v) is 5.60. The second-order valence-electron chi connectivity index (χ2n) is 4.10. The van der Waals surface area contributed by atoms with Gasteiger partial charge in [-0.1, -0.05) is 17.7 Å². The molecule has 18 heavy (non-hydrogen) atoms.